The Morgan fingerprint density at radius 3 is 2.75 bits per heavy atom. The van der Waals surface area contributed by atoms with Gasteiger partial charge in [0, 0.05) is 11.6 Å². The van der Waals surface area contributed by atoms with Crippen LogP contribution in [0.15, 0.2) is 11.6 Å². The molecule has 1 saturated carbocycles. The Kier molecular flexibility index (Phi) is 2.41. The van der Waals surface area contributed by atoms with E-state index < -0.39 is 10.0 Å². The summed E-state index contributed by atoms with van der Waals surface area (Å²) in [6.07, 6.45) is 3.28. The lowest BCUT2D eigenvalue weighted by Gasteiger charge is -2.37. The van der Waals surface area contributed by atoms with Crippen molar-refractivity contribution in [3.8, 4) is 5.19 Å². The van der Waals surface area contributed by atoms with Crippen LogP contribution in [-0.4, -0.2) is 42.2 Å². The van der Waals surface area contributed by atoms with Crippen LogP contribution in [0.2, 0.25) is 0 Å². The van der Waals surface area contributed by atoms with Crippen LogP contribution < -0.4 is 4.74 Å². The molecule has 16 heavy (non-hydrogen) atoms. The van der Waals surface area contributed by atoms with E-state index in [9.17, 15) is 8.42 Å². The molecule has 1 saturated heterocycles. The van der Waals surface area contributed by atoms with Gasteiger partial charge in [0.2, 0.25) is 10.0 Å². The molecule has 0 bridgehead atoms. The average Bonchev–Trinajstić information content (AvgIpc) is 2.91. The molecule has 88 valence electrons. The van der Waals surface area contributed by atoms with E-state index in [4.69, 9.17) is 4.74 Å². The molecule has 0 radical (unpaired) electrons. The van der Waals surface area contributed by atoms with Crippen molar-refractivity contribution in [3.05, 3.63) is 11.6 Å². The first-order valence-corrected chi connectivity index (χ1v) is 7.59. The zero-order valence-corrected chi connectivity index (χ0v) is 10.2. The third kappa shape index (κ3) is 1.83. The molecular weight excluding hydrogens is 248 g/mol. The Labute approximate surface area is 98.1 Å². The minimum absolute atomic E-state index is 0.0281. The minimum atomic E-state index is -3.00. The number of hydrogen-bond donors (Lipinski definition) is 0. The quantitative estimate of drug-likeness (QED) is 0.799. The van der Waals surface area contributed by atoms with Crippen molar-refractivity contribution < 1.29 is 13.2 Å². The molecule has 3 rings (SSSR count). The summed E-state index contributed by atoms with van der Waals surface area (Å²) >= 11 is 1.43. The van der Waals surface area contributed by atoms with E-state index in [0.717, 1.165) is 12.8 Å². The van der Waals surface area contributed by atoms with Crippen molar-refractivity contribution in [3.63, 3.8) is 0 Å². The molecule has 2 aliphatic rings. The van der Waals surface area contributed by atoms with E-state index in [-0.39, 0.29) is 11.4 Å². The normalized spacial score (nSPS) is 23.0. The lowest BCUT2D eigenvalue weighted by molar-refractivity contribution is 0.0758. The molecule has 2 fully saturated rings. The largest absolute Gasteiger partial charge is 0.464 e. The van der Waals surface area contributed by atoms with Gasteiger partial charge in [0.25, 0.3) is 5.19 Å². The van der Waals surface area contributed by atoms with Gasteiger partial charge in [-0.25, -0.2) is 13.4 Å². The van der Waals surface area contributed by atoms with Crippen LogP contribution in [0, 0.1) is 0 Å². The molecule has 1 aliphatic carbocycles. The van der Waals surface area contributed by atoms with Crippen LogP contribution >= 0.6 is 11.3 Å². The second-order valence-electron chi connectivity index (χ2n) is 4.10. The first-order chi connectivity index (χ1) is 7.66. The van der Waals surface area contributed by atoms with Crippen molar-refractivity contribution in [2.24, 2.45) is 0 Å². The van der Waals surface area contributed by atoms with Gasteiger partial charge in [0.1, 0.15) is 6.10 Å². The number of nitrogens with zero attached hydrogens (tertiary/aromatic N) is 2. The third-order valence-corrected chi connectivity index (χ3v) is 5.79. The first kappa shape index (κ1) is 10.5. The van der Waals surface area contributed by atoms with Gasteiger partial charge < -0.3 is 4.74 Å². The van der Waals surface area contributed by atoms with Crippen molar-refractivity contribution in [1.82, 2.24) is 9.29 Å². The standard InChI is InChI=1S/C9H12N2O3S2/c12-16(13,8-1-2-8)11-5-7(6-11)14-9-10-3-4-15-9/h3-4,7-8H,1-2,5-6H2. The van der Waals surface area contributed by atoms with Crippen LogP contribution in [0.25, 0.3) is 0 Å². The van der Waals surface area contributed by atoms with E-state index in [2.05, 4.69) is 4.98 Å². The summed E-state index contributed by atoms with van der Waals surface area (Å²) in [6.45, 7) is 0.941. The molecule has 0 aromatic carbocycles. The molecule has 7 heteroatoms. The molecule has 5 nitrogen and oxygen atoms in total. The minimum Gasteiger partial charge on any atom is -0.464 e. The number of sulfonamides is 1. The Bertz CT molecular complexity index is 461. The van der Waals surface area contributed by atoms with Gasteiger partial charge in [-0.15, -0.1) is 0 Å². The number of ether oxygens (including phenoxy) is 1. The number of hydrogen-bond acceptors (Lipinski definition) is 5. The highest BCUT2D eigenvalue weighted by Gasteiger charge is 2.46. The summed E-state index contributed by atoms with van der Waals surface area (Å²) in [7, 11) is -3.00. The predicted molar refractivity (Wildman–Crippen MR) is 60.0 cm³/mol. The monoisotopic (exact) mass is 260 g/mol. The summed E-state index contributed by atoms with van der Waals surface area (Å²) in [5.41, 5.74) is 0. The van der Waals surface area contributed by atoms with Gasteiger partial charge in [-0.2, -0.15) is 4.31 Å². The van der Waals surface area contributed by atoms with Gasteiger partial charge in [-0.3, -0.25) is 0 Å². The SMILES string of the molecule is O=S(=O)(C1CC1)N1CC(Oc2nccs2)C1. The summed E-state index contributed by atoms with van der Waals surface area (Å²) in [5, 5.41) is 2.34. The van der Waals surface area contributed by atoms with E-state index in [0.29, 0.717) is 18.3 Å². The van der Waals surface area contributed by atoms with Crippen molar-refractivity contribution in [2.75, 3.05) is 13.1 Å². The van der Waals surface area contributed by atoms with Gasteiger partial charge >= 0.3 is 0 Å². The average molecular weight is 260 g/mol. The maximum atomic E-state index is 11.8. The van der Waals surface area contributed by atoms with Crippen LogP contribution in [0.4, 0.5) is 0 Å². The molecule has 0 spiro atoms. The molecule has 0 unspecified atom stereocenters. The lowest BCUT2D eigenvalue weighted by atomic mass is 10.2. The van der Waals surface area contributed by atoms with Crippen LogP contribution in [0.5, 0.6) is 5.19 Å². The maximum absolute atomic E-state index is 11.8. The molecule has 0 N–H and O–H groups in total. The Morgan fingerprint density at radius 2 is 2.19 bits per heavy atom. The molecule has 0 atom stereocenters. The van der Waals surface area contributed by atoms with E-state index in [1.54, 1.807) is 6.20 Å². The maximum Gasteiger partial charge on any atom is 0.273 e. The number of aromatic nitrogens is 1. The zero-order valence-electron chi connectivity index (χ0n) is 8.57. The number of rotatable bonds is 4. The van der Waals surface area contributed by atoms with Crippen LogP contribution in [0.3, 0.4) is 0 Å². The van der Waals surface area contributed by atoms with E-state index in [1.165, 1.54) is 15.6 Å². The second kappa shape index (κ2) is 3.68. The van der Waals surface area contributed by atoms with Crippen molar-refractivity contribution >= 4 is 21.4 Å². The van der Waals surface area contributed by atoms with Crippen molar-refractivity contribution in [2.45, 2.75) is 24.2 Å². The topological polar surface area (TPSA) is 59.5 Å². The zero-order chi connectivity index (χ0) is 11.2. The summed E-state index contributed by atoms with van der Waals surface area (Å²) in [6, 6.07) is 0. The highest BCUT2D eigenvalue weighted by atomic mass is 32.2. The molecule has 1 aliphatic heterocycles. The second-order valence-corrected chi connectivity index (χ2v) is 7.17. The number of thiazole rings is 1. The molecule has 1 aromatic rings. The van der Waals surface area contributed by atoms with Crippen molar-refractivity contribution in [1.29, 1.82) is 0 Å². The lowest BCUT2D eigenvalue weighted by Crippen LogP contribution is -2.56. The van der Waals surface area contributed by atoms with Gasteiger partial charge in [0.15, 0.2) is 0 Å². The fourth-order valence-electron chi connectivity index (χ4n) is 1.67. The third-order valence-electron chi connectivity index (χ3n) is 2.80. The highest BCUT2D eigenvalue weighted by Crippen LogP contribution is 2.33. The van der Waals surface area contributed by atoms with Crippen LogP contribution in [-0.2, 0) is 10.0 Å². The summed E-state index contributed by atoms with van der Waals surface area (Å²) in [5.74, 6) is 0. The summed E-state index contributed by atoms with van der Waals surface area (Å²) in [4.78, 5) is 4.00. The smallest absolute Gasteiger partial charge is 0.273 e. The highest BCUT2D eigenvalue weighted by molar-refractivity contribution is 7.90. The first-order valence-electron chi connectivity index (χ1n) is 5.21. The van der Waals surface area contributed by atoms with E-state index >= 15 is 0 Å². The molecule has 2 heterocycles. The van der Waals surface area contributed by atoms with E-state index in [1.807, 2.05) is 5.38 Å². The fourth-order valence-corrected chi connectivity index (χ4v) is 4.12. The van der Waals surface area contributed by atoms with Gasteiger partial charge in [-0.05, 0) is 12.8 Å². The Morgan fingerprint density at radius 1 is 1.44 bits per heavy atom. The molecule has 0 amide bonds. The van der Waals surface area contributed by atoms with Gasteiger partial charge in [-0.1, -0.05) is 11.3 Å². The predicted octanol–water partition coefficient (Wildman–Crippen LogP) is 0.698. The molecule has 1 aromatic heterocycles. The summed E-state index contributed by atoms with van der Waals surface area (Å²) < 4.78 is 30.6. The fraction of sp³-hybridized carbons (Fsp3) is 0.667. The molecular formula is C9H12N2O3S2. The Hall–Kier alpha value is -0.660. The Balaban J connectivity index is 1.55. The van der Waals surface area contributed by atoms with Crippen LogP contribution in [0.1, 0.15) is 12.8 Å². The van der Waals surface area contributed by atoms with Gasteiger partial charge in [0.05, 0.1) is 18.3 Å².